The predicted molar refractivity (Wildman–Crippen MR) is 165 cm³/mol. The third kappa shape index (κ3) is 8.07. The number of aromatic nitrogens is 3. The van der Waals surface area contributed by atoms with Gasteiger partial charge in [-0.05, 0) is 64.0 Å². The molecule has 2 heterocycles. The van der Waals surface area contributed by atoms with Crippen molar-refractivity contribution in [2.75, 3.05) is 30.4 Å². The molecule has 0 radical (unpaired) electrons. The van der Waals surface area contributed by atoms with Gasteiger partial charge in [0, 0.05) is 47.8 Å². The number of hydrogen-bond acceptors (Lipinski definition) is 9. The summed E-state index contributed by atoms with van der Waals surface area (Å²) in [6.07, 6.45) is 3.47. The molecule has 0 aliphatic rings. The van der Waals surface area contributed by atoms with Crippen LogP contribution in [0.1, 0.15) is 10.6 Å². The van der Waals surface area contributed by atoms with E-state index in [-0.39, 0.29) is 18.2 Å². The number of fused-ring (bicyclic) bond motifs is 1. The summed E-state index contributed by atoms with van der Waals surface area (Å²) in [5, 5.41) is 10.4. The summed E-state index contributed by atoms with van der Waals surface area (Å²) in [6.45, 7) is 1.34. The van der Waals surface area contributed by atoms with Crippen molar-refractivity contribution in [3.05, 3.63) is 93.2 Å². The van der Waals surface area contributed by atoms with E-state index in [2.05, 4.69) is 36.5 Å². The molecule has 0 amide bonds. The third-order valence-electron chi connectivity index (χ3n) is 6.13. The Morgan fingerprint density at radius 2 is 1.93 bits per heavy atom. The number of sulfone groups is 1. The maximum Gasteiger partial charge on any atom is 0.148 e. The summed E-state index contributed by atoms with van der Waals surface area (Å²) < 4.78 is 42.6. The summed E-state index contributed by atoms with van der Waals surface area (Å²) >= 11 is 5.14. The van der Waals surface area contributed by atoms with Gasteiger partial charge in [0.15, 0.2) is 0 Å². The van der Waals surface area contributed by atoms with Crippen LogP contribution in [0.25, 0.3) is 22.2 Å². The first-order chi connectivity index (χ1) is 19.7. The van der Waals surface area contributed by atoms with Gasteiger partial charge in [-0.1, -0.05) is 18.2 Å². The predicted octanol–water partition coefficient (Wildman–Crippen LogP) is 6.15. The lowest BCUT2D eigenvalue weighted by atomic mass is 10.1. The van der Waals surface area contributed by atoms with Crippen molar-refractivity contribution in [3.8, 4) is 17.0 Å². The standard InChI is InChI=1S/C29H27BrFN5O3S2/c1-41(37,38)12-11-32-10-9-28-36-26(17-40-28)20-5-7-25-23(14-20)29(34-18-33-25)35-22-6-8-27(24(30)15-22)39-16-19-3-2-4-21(31)13-19/h2-8,13-15,17-18,32H,9-12,16H2,1H3,(H,33,34,35). The van der Waals surface area contributed by atoms with E-state index in [1.54, 1.807) is 17.4 Å². The van der Waals surface area contributed by atoms with E-state index < -0.39 is 9.84 Å². The minimum Gasteiger partial charge on any atom is -0.488 e. The summed E-state index contributed by atoms with van der Waals surface area (Å²) in [6, 6.07) is 17.9. The summed E-state index contributed by atoms with van der Waals surface area (Å²) in [7, 11) is -2.97. The SMILES string of the molecule is CS(=O)(=O)CCNCCc1nc(-c2ccc3ncnc(Nc4ccc(OCc5cccc(F)c5)c(Br)c4)c3c2)cs1. The topological polar surface area (TPSA) is 106 Å². The fourth-order valence-corrected chi connectivity index (χ4v) is 5.89. The quantitative estimate of drug-likeness (QED) is 0.154. The van der Waals surface area contributed by atoms with Gasteiger partial charge < -0.3 is 15.4 Å². The highest BCUT2D eigenvalue weighted by atomic mass is 79.9. The van der Waals surface area contributed by atoms with Gasteiger partial charge in [0.1, 0.15) is 40.2 Å². The highest BCUT2D eigenvalue weighted by Crippen LogP contribution is 2.33. The van der Waals surface area contributed by atoms with Gasteiger partial charge in [-0.3, -0.25) is 0 Å². The van der Waals surface area contributed by atoms with E-state index in [1.165, 1.54) is 24.7 Å². The molecule has 0 saturated carbocycles. The lowest BCUT2D eigenvalue weighted by Gasteiger charge is -2.12. The van der Waals surface area contributed by atoms with Crippen molar-refractivity contribution in [3.63, 3.8) is 0 Å². The zero-order chi connectivity index (χ0) is 28.8. The molecule has 0 spiro atoms. The van der Waals surface area contributed by atoms with E-state index in [4.69, 9.17) is 9.72 Å². The van der Waals surface area contributed by atoms with Gasteiger partial charge in [-0.2, -0.15) is 0 Å². The number of rotatable bonds is 12. The average molecular weight is 657 g/mol. The van der Waals surface area contributed by atoms with Crippen LogP contribution >= 0.6 is 27.3 Å². The molecule has 12 heteroatoms. The Labute approximate surface area is 250 Å². The number of anilines is 2. The van der Waals surface area contributed by atoms with Crippen LogP contribution in [0.15, 0.2) is 76.8 Å². The van der Waals surface area contributed by atoms with E-state index in [0.29, 0.717) is 24.7 Å². The molecule has 0 atom stereocenters. The Morgan fingerprint density at radius 3 is 2.73 bits per heavy atom. The van der Waals surface area contributed by atoms with Crippen LogP contribution in [0.5, 0.6) is 5.75 Å². The molecule has 5 aromatic rings. The van der Waals surface area contributed by atoms with Crippen LogP contribution in [0.2, 0.25) is 0 Å². The molecular weight excluding hydrogens is 629 g/mol. The van der Waals surface area contributed by atoms with Crippen molar-refractivity contribution < 1.29 is 17.5 Å². The molecule has 0 aliphatic heterocycles. The molecule has 5 rings (SSSR count). The largest absolute Gasteiger partial charge is 0.488 e. The first-order valence-electron chi connectivity index (χ1n) is 12.8. The van der Waals surface area contributed by atoms with Crippen molar-refractivity contribution >= 4 is 59.5 Å². The highest BCUT2D eigenvalue weighted by molar-refractivity contribution is 9.10. The molecule has 3 aromatic carbocycles. The summed E-state index contributed by atoms with van der Waals surface area (Å²) in [4.78, 5) is 13.7. The number of ether oxygens (including phenoxy) is 1. The molecule has 2 N–H and O–H groups in total. The van der Waals surface area contributed by atoms with E-state index in [1.807, 2.05) is 47.8 Å². The van der Waals surface area contributed by atoms with Crippen molar-refractivity contribution in [2.24, 2.45) is 0 Å². The maximum atomic E-state index is 13.5. The molecule has 212 valence electrons. The first kappa shape index (κ1) is 29.1. The van der Waals surface area contributed by atoms with Gasteiger partial charge in [0.2, 0.25) is 0 Å². The third-order valence-corrected chi connectivity index (χ3v) is 8.60. The van der Waals surface area contributed by atoms with Gasteiger partial charge in [-0.15, -0.1) is 11.3 Å². The fourth-order valence-electron chi connectivity index (χ4n) is 4.07. The number of hydrogen-bond donors (Lipinski definition) is 2. The summed E-state index contributed by atoms with van der Waals surface area (Å²) in [5.74, 6) is 1.12. The zero-order valence-electron chi connectivity index (χ0n) is 22.1. The lowest BCUT2D eigenvalue weighted by Crippen LogP contribution is -2.24. The highest BCUT2D eigenvalue weighted by Gasteiger charge is 2.11. The van der Waals surface area contributed by atoms with Crippen molar-refractivity contribution in [1.29, 1.82) is 0 Å². The molecule has 0 fully saturated rings. The van der Waals surface area contributed by atoms with Crippen molar-refractivity contribution in [2.45, 2.75) is 13.0 Å². The van der Waals surface area contributed by atoms with Crippen LogP contribution in [-0.2, 0) is 22.9 Å². The van der Waals surface area contributed by atoms with Crippen LogP contribution in [0, 0.1) is 5.82 Å². The van der Waals surface area contributed by atoms with E-state index in [9.17, 15) is 12.8 Å². The number of thiazole rings is 1. The molecule has 0 bridgehead atoms. The van der Waals surface area contributed by atoms with Crippen LogP contribution in [-0.4, -0.2) is 48.5 Å². The number of halogens is 2. The smallest absolute Gasteiger partial charge is 0.148 e. The molecular formula is C29H27BrFN5O3S2. The second-order valence-electron chi connectivity index (χ2n) is 9.40. The van der Waals surface area contributed by atoms with Gasteiger partial charge in [0.25, 0.3) is 0 Å². The van der Waals surface area contributed by atoms with Crippen LogP contribution in [0.4, 0.5) is 15.9 Å². The Morgan fingerprint density at radius 1 is 1.05 bits per heavy atom. The summed E-state index contributed by atoms with van der Waals surface area (Å²) in [5.41, 5.74) is 4.16. The molecule has 0 aliphatic carbocycles. The first-order valence-corrected chi connectivity index (χ1v) is 16.5. The number of benzene rings is 3. The van der Waals surface area contributed by atoms with E-state index in [0.717, 1.165) is 49.3 Å². The Balaban J connectivity index is 1.26. The minimum atomic E-state index is -2.97. The van der Waals surface area contributed by atoms with Gasteiger partial charge >= 0.3 is 0 Å². The lowest BCUT2D eigenvalue weighted by molar-refractivity contribution is 0.303. The van der Waals surface area contributed by atoms with E-state index >= 15 is 0 Å². The normalized spacial score (nSPS) is 11.6. The second kappa shape index (κ2) is 13.0. The fraction of sp³-hybridized carbons (Fsp3) is 0.207. The molecule has 2 aromatic heterocycles. The molecule has 0 saturated heterocycles. The Hall–Kier alpha value is -3.45. The van der Waals surface area contributed by atoms with Crippen LogP contribution < -0.4 is 15.4 Å². The number of nitrogens with one attached hydrogen (secondary N) is 2. The van der Waals surface area contributed by atoms with Gasteiger partial charge in [0.05, 0.1) is 26.4 Å². The maximum absolute atomic E-state index is 13.5. The number of nitrogens with zero attached hydrogens (tertiary/aromatic N) is 3. The molecule has 41 heavy (non-hydrogen) atoms. The zero-order valence-corrected chi connectivity index (χ0v) is 25.3. The average Bonchev–Trinajstić information content (AvgIpc) is 3.41. The van der Waals surface area contributed by atoms with Crippen LogP contribution in [0.3, 0.4) is 0 Å². The Kier molecular flexibility index (Phi) is 9.23. The minimum absolute atomic E-state index is 0.122. The van der Waals surface area contributed by atoms with Gasteiger partial charge in [-0.25, -0.2) is 27.8 Å². The molecule has 0 unspecified atom stereocenters. The van der Waals surface area contributed by atoms with Crippen molar-refractivity contribution in [1.82, 2.24) is 20.3 Å². The monoisotopic (exact) mass is 655 g/mol. The second-order valence-corrected chi connectivity index (χ2v) is 13.5. The Bertz CT molecular complexity index is 1780. The molecule has 8 nitrogen and oxygen atoms in total.